The predicted octanol–water partition coefficient (Wildman–Crippen LogP) is 0.885. The fraction of sp³-hybridized carbons (Fsp3) is 0.286. The number of hydrogen-bond donors (Lipinski definition) is 2. The predicted molar refractivity (Wildman–Crippen MR) is 69.2 cm³/mol. The van der Waals surface area contributed by atoms with Gasteiger partial charge in [-0.25, -0.2) is 9.18 Å². The molecule has 106 valence electrons. The summed E-state index contributed by atoms with van der Waals surface area (Å²) in [6.45, 7) is 0.00353. The highest BCUT2D eigenvalue weighted by Gasteiger charge is 2.37. The number of nitrogens with zero attached hydrogens (tertiary/aromatic N) is 1. The van der Waals surface area contributed by atoms with Gasteiger partial charge in [-0.2, -0.15) is 0 Å². The van der Waals surface area contributed by atoms with Crippen LogP contribution < -0.4 is 0 Å². The molecule has 1 aromatic carbocycles. The summed E-state index contributed by atoms with van der Waals surface area (Å²) < 4.78 is 12.7. The first-order valence-corrected chi connectivity index (χ1v) is 6.12. The van der Waals surface area contributed by atoms with Gasteiger partial charge in [0.2, 0.25) is 5.91 Å². The number of carboxylic acids is 1. The average Bonchev–Trinajstić information content (AvgIpc) is 2.80. The SMILES string of the molecule is O=C(O)[C@H]1C[C@@H](O)CN1C(=O)C=Cc1ccc(F)cc1. The monoisotopic (exact) mass is 279 g/mol. The Morgan fingerprint density at radius 1 is 1.30 bits per heavy atom. The molecule has 1 aliphatic heterocycles. The van der Waals surface area contributed by atoms with Gasteiger partial charge in [-0.3, -0.25) is 4.79 Å². The third-order valence-corrected chi connectivity index (χ3v) is 3.14. The summed E-state index contributed by atoms with van der Waals surface area (Å²) in [6, 6.07) is 4.54. The zero-order chi connectivity index (χ0) is 14.7. The van der Waals surface area contributed by atoms with Gasteiger partial charge in [-0.15, -0.1) is 0 Å². The van der Waals surface area contributed by atoms with E-state index in [0.29, 0.717) is 5.56 Å². The summed E-state index contributed by atoms with van der Waals surface area (Å²) in [6.07, 6.45) is 1.91. The molecule has 6 heteroatoms. The number of carboxylic acid groups (broad SMARTS) is 1. The lowest BCUT2D eigenvalue weighted by Crippen LogP contribution is -2.39. The van der Waals surface area contributed by atoms with Gasteiger partial charge < -0.3 is 15.1 Å². The van der Waals surface area contributed by atoms with Gasteiger partial charge in [-0.1, -0.05) is 12.1 Å². The quantitative estimate of drug-likeness (QED) is 0.805. The smallest absolute Gasteiger partial charge is 0.326 e. The largest absolute Gasteiger partial charge is 0.480 e. The molecule has 1 saturated heterocycles. The lowest BCUT2D eigenvalue weighted by molar-refractivity contribution is -0.146. The maximum absolute atomic E-state index is 12.7. The topological polar surface area (TPSA) is 77.8 Å². The zero-order valence-corrected chi connectivity index (χ0v) is 10.6. The molecule has 0 saturated carbocycles. The van der Waals surface area contributed by atoms with Gasteiger partial charge in [0.05, 0.1) is 6.10 Å². The van der Waals surface area contributed by atoms with Crippen LogP contribution in [-0.2, 0) is 9.59 Å². The Hall–Kier alpha value is -2.21. The molecule has 1 amide bonds. The van der Waals surface area contributed by atoms with Gasteiger partial charge in [0, 0.05) is 19.0 Å². The number of aliphatic hydroxyl groups excluding tert-OH is 1. The van der Waals surface area contributed by atoms with Gasteiger partial charge in [-0.05, 0) is 23.8 Å². The molecule has 0 aromatic heterocycles. The van der Waals surface area contributed by atoms with Crippen molar-refractivity contribution in [3.8, 4) is 0 Å². The van der Waals surface area contributed by atoms with E-state index in [1.54, 1.807) is 0 Å². The number of carbonyl (C=O) groups excluding carboxylic acids is 1. The second kappa shape index (κ2) is 5.83. The fourth-order valence-electron chi connectivity index (χ4n) is 2.13. The first kappa shape index (κ1) is 14.2. The molecule has 2 rings (SSSR count). The summed E-state index contributed by atoms with van der Waals surface area (Å²) in [7, 11) is 0. The van der Waals surface area contributed by atoms with Crippen LogP contribution in [0.1, 0.15) is 12.0 Å². The molecule has 0 spiro atoms. The highest BCUT2D eigenvalue weighted by atomic mass is 19.1. The Balaban J connectivity index is 2.07. The van der Waals surface area contributed by atoms with E-state index in [2.05, 4.69) is 0 Å². The minimum atomic E-state index is -1.13. The van der Waals surface area contributed by atoms with E-state index in [-0.39, 0.29) is 18.8 Å². The van der Waals surface area contributed by atoms with Crippen molar-refractivity contribution in [2.75, 3.05) is 6.54 Å². The Kier molecular flexibility index (Phi) is 4.14. The minimum Gasteiger partial charge on any atom is -0.480 e. The Bertz CT molecular complexity index is 541. The van der Waals surface area contributed by atoms with E-state index < -0.39 is 24.0 Å². The Labute approximate surface area is 114 Å². The van der Waals surface area contributed by atoms with Crippen LogP contribution in [0.5, 0.6) is 0 Å². The van der Waals surface area contributed by atoms with Crippen LogP contribution in [0.2, 0.25) is 0 Å². The standard InChI is InChI=1S/C14H14FNO4/c15-10-4-1-9(2-5-10)3-6-13(18)16-8-11(17)7-12(16)14(19)20/h1-6,11-12,17H,7-8H2,(H,19,20)/t11-,12-/m1/s1. The number of aliphatic carboxylic acids is 1. The first-order valence-electron chi connectivity index (χ1n) is 6.12. The van der Waals surface area contributed by atoms with Crippen LogP contribution in [0.4, 0.5) is 4.39 Å². The molecule has 0 unspecified atom stereocenters. The van der Waals surface area contributed by atoms with Crippen molar-refractivity contribution < 1.29 is 24.2 Å². The molecule has 2 atom stereocenters. The van der Waals surface area contributed by atoms with E-state index in [0.717, 1.165) is 4.90 Å². The summed E-state index contributed by atoms with van der Waals surface area (Å²) in [5.74, 6) is -1.99. The Morgan fingerprint density at radius 2 is 1.95 bits per heavy atom. The third kappa shape index (κ3) is 3.21. The maximum atomic E-state index is 12.7. The molecule has 1 heterocycles. The van der Waals surface area contributed by atoms with Crippen LogP contribution in [0.3, 0.4) is 0 Å². The number of halogens is 1. The third-order valence-electron chi connectivity index (χ3n) is 3.14. The van der Waals surface area contributed by atoms with Gasteiger partial charge >= 0.3 is 5.97 Å². The number of likely N-dealkylation sites (tertiary alicyclic amines) is 1. The van der Waals surface area contributed by atoms with Crippen molar-refractivity contribution in [2.24, 2.45) is 0 Å². The number of β-amino-alcohol motifs (C(OH)–C–C–N with tert-alkyl or cyclic N) is 1. The fourth-order valence-corrected chi connectivity index (χ4v) is 2.13. The van der Waals surface area contributed by atoms with Crippen molar-refractivity contribution in [3.63, 3.8) is 0 Å². The van der Waals surface area contributed by atoms with E-state index in [4.69, 9.17) is 5.11 Å². The maximum Gasteiger partial charge on any atom is 0.326 e. The molecule has 20 heavy (non-hydrogen) atoms. The average molecular weight is 279 g/mol. The minimum absolute atomic E-state index is 0.00353. The van der Waals surface area contributed by atoms with Gasteiger partial charge in [0.1, 0.15) is 11.9 Å². The summed E-state index contributed by atoms with van der Waals surface area (Å²) in [5.41, 5.74) is 0.631. The number of benzene rings is 1. The van der Waals surface area contributed by atoms with Crippen molar-refractivity contribution in [2.45, 2.75) is 18.6 Å². The summed E-state index contributed by atoms with van der Waals surface area (Å²) >= 11 is 0. The van der Waals surface area contributed by atoms with Gasteiger partial charge in [0.15, 0.2) is 0 Å². The van der Waals surface area contributed by atoms with Crippen molar-refractivity contribution in [3.05, 3.63) is 41.7 Å². The van der Waals surface area contributed by atoms with Crippen molar-refractivity contribution in [1.82, 2.24) is 4.90 Å². The summed E-state index contributed by atoms with van der Waals surface area (Å²) in [4.78, 5) is 24.1. The highest BCUT2D eigenvalue weighted by molar-refractivity contribution is 5.94. The van der Waals surface area contributed by atoms with E-state index in [9.17, 15) is 19.1 Å². The number of amides is 1. The molecule has 0 bridgehead atoms. The molecule has 1 fully saturated rings. The number of carbonyl (C=O) groups is 2. The highest BCUT2D eigenvalue weighted by Crippen LogP contribution is 2.19. The van der Waals surface area contributed by atoms with Crippen molar-refractivity contribution >= 4 is 18.0 Å². The molecular formula is C14H14FNO4. The lowest BCUT2D eigenvalue weighted by Gasteiger charge is -2.19. The molecule has 2 N–H and O–H groups in total. The van der Waals surface area contributed by atoms with Crippen molar-refractivity contribution in [1.29, 1.82) is 0 Å². The van der Waals surface area contributed by atoms with E-state index >= 15 is 0 Å². The van der Waals surface area contributed by atoms with Crippen LogP contribution in [0.25, 0.3) is 6.08 Å². The molecule has 0 radical (unpaired) electrons. The van der Waals surface area contributed by atoms with E-state index in [1.165, 1.54) is 36.4 Å². The van der Waals surface area contributed by atoms with Crippen LogP contribution >= 0.6 is 0 Å². The summed E-state index contributed by atoms with van der Waals surface area (Å²) in [5, 5.41) is 18.5. The lowest BCUT2D eigenvalue weighted by atomic mass is 10.2. The molecular weight excluding hydrogens is 265 g/mol. The van der Waals surface area contributed by atoms with E-state index in [1.807, 2.05) is 0 Å². The van der Waals surface area contributed by atoms with Crippen LogP contribution in [0.15, 0.2) is 30.3 Å². The molecule has 0 aliphatic carbocycles. The Morgan fingerprint density at radius 3 is 2.55 bits per heavy atom. The number of rotatable bonds is 3. The molecule has 1 aliphatic rings. The second-order valence-corrected chi connectivity index (χ2v) is 4.62. The number of hydrogen-bond acceptors (Lipinski definition) is 3. The first-order chi connectivity index (χ1) is 9.47. The zero-order valence-electron chi connectivity index (χ0n) is 10.6. The van der Waals surface area contributed by atoms with Gasteiger partial charge in [0.25, 0.3) is 0 Å². The number of aliphatic hydroxyl groups is 1. The molecule has 5 nitrogen and oxygen atoms in total. The second-order valence-electron chi connectivity index (χ2n) is 4.62. The van der Waals surface area contributed by atoms with Crippen LogP contribution in [0, 0.1) is 5.82 Å². The molecule has 1 aromatic rings. The normalized spacial score (nSPS) is 22.4. The van der Waals surface area contributed by atoms with Crippen LogP contribution in [-0.4, -0.2) is 45.7 Å².